The number of rotatable bonds is 6. The van der Waals surface area contributed by atoms with E-state index in [-0.39, 0.29) is 0 Å². The number of halogens is 1. The highest BCUT2D eigenvalue weighted by Crippen LogP contribution is 2.23. The van der Waals surface area contributed by atoms with Gasteiger partial charge in [-0.15, -0.1) is 17.9 Å². The third-order valence-corrected chi connectivity index (χ3v) is 5.77. The van der Waals surface area contributed by atoms with Crippen molar-refractivity contribution in [2.75, 3.05) is 6.54 Å². The van der Waals surface area contributed by atoms with Crippen LogP contribution in [0.3, 0.4) is 0 Å². The molecule has 0 saturated heterocycles. The molecule has 0 unspecified atom stereocenters. The molecule has 3 heterocycles. The average molecular weight is 394 g/mol. The van der Waals surface area contributed by atoms with Gasteiger partial charge in [-0.2, -0.15) is 4.98 Å². The molecule has 0 aliphatic rings. The number of fused-ring (bicyclic) bond motifs is 1. The van der Waals surface area contributed by atoms with E-state index in [1.165, 1.54) is 4.88 Å². The van der Waals surface area contributed by atoms with Gasteiger partial charge in [0.15, 0.2) is 0 Å². The van der Waals surface area contributed by atoms with Crippen molar-refractivity contribution in [2.24, 2.45) is 0 Å². The SMILES string of the molecule is C=CCN(Cc1ccc(Cl)s1)Cn1c(=S)nc2nc(C)c(C)c(C)n21. The second kappa shape index (κ2) is 7.37. The Morgan fingerprint density at radius 3 is 2.72 bits per heavy atom. The van der Waals surface area contributed by atoms with E-state index in [0.717, 1.165) is 34.4 Å². The van der Waals surface area contributed by atoms with E-state index in [1.54, 1.807) is 11.3 Å². The Kier molecular flexibility index (Phi) is 5.38. The summed E-state index contributed by atoms with van der Waals surface area (Å²) in [4.78, 5) is 12.5. The molecule has 0 bridgehead atoms. The zero-order valence-corrected chi connectivity index (χ0v) is 16.9. The fourth-order valence-corrected chi connectivity index (χ4v) is 4.12. The van der Waals surface area contributed by atoms with Crippen LogP contribution in [0.1, 0.15) is 21.8 Å². The molecular weight excluding hydrogens is 374 g/mol. The Morgan fingerprint density at radius 2 is 2.08 bits per heavy atom. The van der Waals surface area contributed by atoms with Gasteiger partial charge in [0.25, 0.3) is 5.78 Å². The van der Waals surface area contributed by atoms with Gasteiger partial charge in [-0.25, -0.2) is 14.2 Å². The molecule has 132 valence electrons. The van der Waals surface area contributed by atoms with Crippen LogP contribution in [-0.4, -0.2) is 30.6 Å². The molecule has 3 aromatic rings. The van der Waals surface area contributed by atoms with Crippen LogP contribution in [0, 0.1) is 25.5 Å². The van der Waals surface area contributed by atoms with Gasteiger partial charge in [0.05, 0.1) is 11.0 Å². The molecule has 3 rings (SSSR count). The highest BCUT2D eigenvalue weighted by molar-refractivity contribution is 7.71. The minimum Gasteiger partial charge on any atom is -0.276 e. The van der Waals surface area contributed by atoms with E-state index in [1.807, 2.05) is 28.3 Å². The molecule has 5 nitrogen and oxygen atoms in total. The molecular formula is C17H20ClN5S2. The maximum atomic E-state index is 6.06. The predicted molar refractivity (Wildman–Crippen MR) is 106 cm³/mol. The van der Waals surface area contributed by atoms with Gasteiger partial charge >= 0.3 is 0 Å². The first-order chi connectivity index (χ1) is 11.9. The predicted octanol–water partition coefficient (Wildman–Crippen LogP) is 4.55. The van der Waals surface area contributed by atoms with Crippen molar-refractivity contribution in [3.63, 3.8) is 0 Å². The summed E-state index contributed by atoms with van der Waals surface area (Å²) in [6, 6.07) is 3.98. The van der Waals surface area contributed by atoms with Crippen LogP contribution in [0.2, 0.25) is 4.34 Å². The molecule has 0 aliphatic carbocycles. The minimum absolute atomic E-state index is 0.527. The molecule has 8 heteroatoms. The van der Waals surface area contributed by atoms with Crippen LogP contribution in [0.4, 0.5) is 0 Å². The Bertz CT molecular complexity index is 985. The van der Waals surface area contributed by atoms with E-state index in [2.05, 4.69) is 41.4 Å². The summed E-state index contributed by atoms with van der Waals surface area (Å²) in [6.07, 6.45) is 1.89. The number of hydrogen-bond acceptors (Lipinski definition) is 5. The molecule has 0 radical (unpaired) electrons. The molecule has 0 spiro atoms. The Hall–Kier alpha value is -1.54. The molecule has 0 fully saturated rings. The van der Waals surface area contributed by atoms with Gasteiger partial charge < -0.3 is 0 Å². The Morgan fingerprint density at radius 1 is 1.32 bits per heavy atom. The highest BCUT2D eigenvalue weighted by Gasteiger charge is 2.15. The number of nitrogens with zero attached hydrogens (tertiary/aromatic N) is 5. The molecule has 25 heavy (non-hydrogen) atoms. The third-order valence-electron chi connectivity index (χ3n) is 4.25. The number of thiophene rings is 1. The summed E-state index contributed by atoms with van der Waals surface area (Å²) < 4.78 is 5.31. The first-order valence-corrected chi connectivity index (χ1v) is 9.51. The minimum atomic E-state index is 0.527. The molecule has 0 aliphatic heterocycles. The average Bonchev–Trinajstić information content (AvgIpc) is 3.09. The third kappa shape index (κ3) is 3.69. The van der Waals surface area contributed by atoms with Crippen LogP contribution in [0.25, 0.3) is 5.78 Å². The van der Waals surface area contributed by atoms with E-state index in [0.29, 0.717) is 17.2 Å². The van der Waals surface area contributed by atoms with Crippen LogP contribution in [0.5, 0.6) is 0 Å². The Balaban J connectivity index is 1.99. The van der Waals surface area contributed by atoms with Crippen molar-refractivity contribution in [3.05, 3.63) is 55.7 Å². The standard InChI is InChI=1S/C17H20ClN5S2/c1-5-8-21(9-14-6-7-15(18)25-14)10-22-17(24)20-16-19-12(3)11(2)13(4)23(16)22/h5-7H,1,8-10H2,2-4H3. The van der Waals surface area contributed by atoms with Crippen molar-refractivity contribution in [2.45, 2.75) is 34.0 Å². The number of hydrogen-bond donors (Lipinski definition) is 0. The normalized spacial score (nSPS) is 11.6. The lowest BCUT2D eigenvalue weighted by Gasteiger charge is -2.21. The highest BCUT2D eigenvalue weighted by atomic mass is 35.5. The first-order valence-electron chi connectivity index (χ1n) is 7.91. The summed E-state index contributed by atoms with van der Waals surface area (Å²) in [5.74, 6) is 0.642. The van der Waals surface area contributed by atoms with E-state index in [4.69, 9.17) is 23.8 Å². The molecule has 0 amide bonds. The van der Waals surface area contributed by atoms with Crippen molar-refractivity contribution in [1.29, 1.82) is 0 Å². The zero-order valence-electron chi connectivity index (χ0n) is 14.5. The zero-order chi connectivity index (χ0) is 18.1. The van der Waals surface area contributed by atoms with E-state index >= 15 is 0 Å². The van der Waals surface area contributed by atoms with Crippen LogP contribution < -0.4 is 0 Å². The van der Waals surface area contributed by atoms with Crippen LogP contribution >= 0.6 is 35.2 Å². The van der Waals surface area contributed by atoms with Gasteiger partial charge in [0, 0.05) is 29.4 Å². The summed E-state index contributed by atoms with van der Waals surface area (Å²) >= 11 is 13.1. The smallest absolute Gasteiger partial charge is 0.252 e. The number of aryl methyl sites for hydroxylation is 2. The monoisotopic (exact) mass is 393 g/mol. The van der Waals surface area contributed by atoms with Crippen LogP contribution in [-0.2, 0) is 13.2 Å². The van der Waals surface area contributed by atoms with E-state index in [9.17, 15) is 0 Å². The van der Waals surface area contributed by atoms with Crippen molar-refractivity contribution >= 4 is 40.9 Å². The fraction of sp³-hybridized carbons (Fsp3) is 0.353. The van der Waals surface area contributed by atoms with Crippen molar-refractivity contribution in [1.82, 2.24) is 24.1 Å². The summed E-state index contributed by atoms with van der Waals surface area (Å²) in [6.45, 7) is 12.1. The van der Waals surface area contributed by atoms with E-state index < -0.39 is 0 Å². The second-order valence-corrected chi connectivity index (χ2v) is 8.13. The Labute approximate surface area is 161 Å². The molecule has 0 N–H and O–H groups in total. The van der Waals surface area contributed by atoms with Crippen LogP contribution in [0.15, 0.2) is 24.8 Å². The van der Waals surface area contributed by atoms with Gasteiger partial charge in [0.2, 0.25) is 4.77 Å². The quantitative estimate of drug-likeness (QED) is 0.455. The maximum Gasteiger partial charge on any atom is 0.252 e. The lowest BCUT2D eigenvalue weighted by atomic mass is 10.2. The van der Waals surface area contributed by atoms with Crippen molar-refractivity contribution in [3.8, 4) is 0 Å². The molecule has 0 saturated carbocycles. The largest absolute Gasteiger partial charge is 0.276 e. The molecule has 0 aromatic carbocycles. The molecule has 0 atom stereocenters. The van der Waals surface area contributed by atoms with Gasteiger partial charge in [-0.1, -0.05) is 17.7 Å². The maximum absolute atomic E-state index is 6.06. The first kappa shape index (κ1) is 18.3. The fourth-order valence-electron chi connectivity index (χ4n) is 2.77. The topological polar surface area (TPSA) is 38.4 Å². The lowest BCUT2D eigenvalue weighted by Crippen LogP contribution is -2.28. The summed E-state index contributed by atoms with van der Waals surface area (Å²) in [5.41, 5.74) is 3.23. The summed E-state index contributed by atoms with van der Waals surface area (Å²) in [5, 5.41) is 0. The number of aromatic nitrogens is 4. The van der Waals surface area contributed by atoms with Crippen molar-refractivity contribution < 1.29 is 0 Å². The second-order valence-electron chi connectivity index (χ2n) is 5.96. The van der Waals surface area contributed by atoms with Gasteiger partial charge in [-0.05, 0) is 50.7 Å². The molecule has 3 aromatic heterocycles. The lowest BCUT2D eigenvalue weighted by molar-refractivity contribution is 0.215. The van der Waals surface area contributed by atoms with Gasteiger partial charge in [-0.3, -0.25) is 4.90 Å². The van der Waals surface area contributed by atoms with Gasteiger partial charge in [0.1, 0.15) is 0 Å². The summed E-state index contributed by atoms with van der Waals surface area (Å²) in [7, 11) is 0.